The summed E-state index contributed by atoms with van der Waals surface area (Å²) in [6.07, 6.45) is -1.64. The Labute approximate surface area is 221 Å². The van der Waals surface area contributed by atoms with Gasteiger partial charge in [-0.15, -0.1) is 0 Å². The van der Waals surface area contributed by atoms with Crippen LogP contribution in [0.2, 0.25) is 0 Å². The quantitative estimate of drug-likeness (QED) is 0.417. The van der Waals surface area contributed by atoms with Gasteiger partial charge < -0.3 is 19.6 Å². The molecule has 38 heavy (non-hydrogen) atoms. The molecule has 2 aromatic carbocycles. The summed E-state index contributed by atoms with van der Waals surface area (Å²) in [4.78, 5) is 13.3. The fraction of sp³-hybridized carbons (Fsp3) is 0.517. The zero-order chi connectivity index (χ0) is 26.9. The molecule has 1 saturated heterocycles. The van der Waals surface area contributed by atoms with Crippen molar-refractivity contribution in [3.8, 4) is 5.75 Å². The van der Waals surface area contributed by atoms with Crippen molar-refractivity contribution in [1.29, 1.82) is 0 Å². The lowest BCUT2D eigenvalue weighted by molar-refractivity contribution is -0.191. The second kappa shape index (κ2) is 10.6. The standard InChI is InChI=1S/C29H35F3N4O2/c1-35(17-18-37)21-9-10-24-23(19-21)26(34-27(33-24)28(29(30,31)32)13-5-6-14-28)36-15-11-20(12-16-36)22-7-3-4-8-25(22)38-2/h3-4,7-10,19-20,37H,5-6,11-18H2,1-2H3. The Morgan fingerprint density at radius 2 is 1.79 bits per heavy atom. The highest BCUT2D eigenvalue weighted by Crippen LogP contribution is 2.52. The number of likely N-dealkylation sites (N-methyl/N-ethyl adjacent to an activating group) is 1. The highest BCUT2D eigenvalue weighted by Gasteiger charge is 2.59. The third-order valence-corrected chi connectivity index (χ3v) is 8.34. The Morgan fingerprint density at radius 3 is 2.45 bits per heavy atom. The molecule has 1 aliphatic carbocycles. The van der Waals surface area contributed by atoms with Gasteiger partial charge in [0.05, 0.1) is 19.2 Å². The Bertz CT molecular complexity index is 1270. The van der Waals surface area contributed by atoms with Crippen LogP contribution in [0.4, 0.5) is 24.7 Å². The molecule has 6 nitrogen and oxygen atoms in total. The van der Waals surface area contributed by atoms with Crippen LogP contribution in [-0.4, -0.2) is 61.6 Å². The fourth-order valence-electron chi connectivity index (χ4n) is 6.09. The fourth-order valence-corrected chi connectivity index (χ4v) is 6.09. The molecule has 1 N–H and O–H groups in total. The summed E-state index contributed by atoms with van der Waals surface area (Å²) in [5.74, 6) is 1.63. The van der Waals surface area contributed by atoms with Crippen molar-refractivity contribution in [2.75, 3.05) is 50.2 Å². The molecule has 1 aromatic heterocycles. The summed E-state index contributed by atoms with van der Waals surface area (Å²) in [5, 5.41) is 10.1. The largest absolute Gasteiger partial charge is 0.496 e. The lowest BCUT2D eigenvalue weighted by atomic mass is 9.84. The van der Waals surface area contributed by atoms with Crippen LogP contribution in [0.5, 0.6) is 5.75 Å². The van der Waals surface area contributed by atoms with Gasteiger partial charge in [0.25, 0.3) is 0 Å². The first-order valence-electron chi connectivity index (χ1n) is 13.4. The van der Waals surface area contributed by atoms with E-state index >= 15 is 0 Å². The lowest BCUT2D eigenvalue weighted by Crippen LogP contribution is -2.42. The maximum absolute atomic E-state index is 14.5. The molecule has 1 saturated carbocycles. The Hall–Kier alpha value is -3.07. The molecule has 9 heteroatoms. The second-order valence-corrected chi connectivity index (χ2v) is 10.5. The normalized spacial score (nSPS) is 18.2. The Kier molecular flexibility index (Phi) is 7.40. The van der Waals surface area contributed by atoms with Crippen LogP contribution in [0.15, 0.2) is 42.5 Å². The Morgan fingerprint density at radius 1 is 1.08 bits per heavy atom. The lowest BCUT2D eigenvalue weighted by Gasteiger charge is -2.36. The van der Waals surface area contributed by atoms with Gasteiger partial charge in [0, 0.05) is 37.8 Å². The predicted octanol–water partition coefficient (Wildman–Crippen LogP) is 5.83. The van der Waals surface area contributed by atoms with E-state index in [4.69, 9.17) is 9.72 Å². The summed E-state index contributed by atoms with van der Waals surface area (Å²) in [6.45, 7) is 1.79. The molecule has 2 fully saturated rings. The molecule has 204 valence electrons. The van der Waals surface area contributed by atoms with Crippen molar-refractivity contribution < 1.29 is 23.0 Å². The number of piperidine rings is 1. The summed E-state index contributed by atoms with van der Waals surface area (Å²) >= 11 is 0. The molecule has 5 rings (SSSR count). The van der Waals surface area contributed by atoms with Gasteiger partial charge in [-0.1, -0.05) is 31.0 Å². The molecule has 0 radical (unpaired) electrons. The van der Waals surface area contributed by atoms with Crippen LogP contribution in [-0.2, 0) is 5.41 Å². The van der Waals surface area contributed by atoms with Crippen LogP contribution < -0.4 is 14.5 Å². The van der Waals surface area contributed by atoms with E-state index in [0.717, 1.165) is 35.2 Å². The topological polar surface area (TPSA) is 61.7 Å². The summed E-state index contributed by atoms with van der Waals surface area (Å²) in [7, 11) is 3.55. The number of halogens is 3. The van der Waals surface area contributed by atoms with Gasteiger partial charge in [0.1, 0.15) is 22.8 Å². The highest BCUT2D eigenvalue weighted by molar-refractivity contribution is 5.92. The number of anilines is 2. The van der Waals surface area contributed by atoms with Crippen LogP contribution in [0.25, 0.3) is 10.9 Å². The number of ether oxygens (including phenoxy) is 1. The van der Waals surface area contributed by atoms with Gasteiger partial charge in [-0.05, 0) is 61.4 Å². The third-order valence-electron chi connectivity index (χ3n) is 8.34. The summed E-state index contributed by atoms with van der Waals surface area (Å²) < 4.78 is 49.1. The molecule has 2 aliphatic rings. The number of alkyl halides is 3. The number of hydrogen-bond donors (Lipinski definition) is 1. The van der Waals surface area contributed by atoms with Crippen LogP contribution in [0.1, 0.15) is 55.8 Å². The SMILES string of the molecule is COc1ccccc1C1CCN(c2nc(C3(C(F)(F)F)CCCC3)nc3ccc(N(C)CCO)cc23)CC1. The monoisotopic (exact) mass is 528 g/mol. The molecule has 0 atom stereocenters. The Balaban J connectivity index is 1.55. The molecule has 1 aliphatic heterocycles. The minimum atomic E-state index is -4.41. The number of hydrogen-bond acceptors (Lipinski definition) is 6. The van der Waals surface area contributed by atoms with Crippen molar-refractivity contribution >= 4 is 22.4 Å². The number of rotatable bonds is 7. The minimum Gasteiger partial charge on any atom is -0.496 e. The van der Waals surface area contributed by atoms with Crippen LogP contribution in [0, 0.1) is 0 Å². The number of aliphatic hydroxyl groups excluding tert-OH is 1. The number of benzene rings is 2. The van der Waals surface area contributed by atoms with Crippen LogP contribution in [0.3, 0.4) is 0 Å². The van der Waals surface area contributed by atoms with Crippen LogP contribution >= 0.6 is 0 Å². The molecule has 2 heterocycles. The van der Waals surface area contributed by atoms with Crippen molar-refractivity contribution in [2.45, 2.75) is 56.0 Å². The maximum atomic E-state index is 14.5. The first-order chi connectivity index (χ1) is 18.3. The minimum absolute atomic E-state index is 0.00139. The van der Waals surface area contributed by atoms with Gasteiger partial charge in [0.2, 0.25) is 0 Å². The molecular weight excluding hydrogens is 493 g/mol. The first kappa shape index (κ1) is 26.5. The zero-order valence-corrected chi connectivity index (χ0v) is 22.0. The van der Waals surface area contributed by atoms with Crippen molar-refractivity contribution in [3.63, 3.8) is 0 Å². The van der Waals surface area contributed by atoms with E-state index in [1.807, 2.05) is 42.3 Å². The number of para-hydroxylation sites is 1. The number of aliphatic hydroxyl groups is 1. The molecule has 0 unspecified atom stereocenters. The van der Waals surface area contributed by atoms with E-state index in [1.165, 1.54) is 0 Å². The van der Waals surface area contributed by atoms with Gasteiger partial charge in [-0.3, -0.25) is 0 Å². The van der Waals surface area contributed by atoms with Crippen molar-refractivity contribution in [3.05, 3.63) is 53.9 Å². The number of nitrogens with zero attached hydrogens (tertiary/aromatic N) is 4. The van der Waals surface area contributed by atoms with E-state index in [-0.39, 0.29) is 25.3 Å². The van der Waals surface area contributed by atoms with Gasteiger partial charge >= 0.3 is 6.18 Å². The maximum Gasteiger partial charge on any atom is 0.401 e. The van der Waals surface area contributed by atoms with Gasteiger partial charge in [0.15, 0.2) is 0 Å². The van der Waals surface area contributed by atoms with Gasteiger partial charge in [-0.2, -0.15) is 13.2 Å². The molecule has 0 amide bonds. The van der Waals surface area contributed by atoms with Crippen molar-refractivity contribution in [1.82, 2.24) is 9.97 Å². The zero-order valence-electron chi connectivity index (χ0n) is 22.0. The van der Waals surface area contributed by atoms with E-state index < -0.39 is 11.6 Å². The van der Waals surface area contributed by atoms with E-state index in [1.54, 1.807) is 13.2 Å². The molecule has 0 bridgehead atoms. The van der Waals surface area contributed by atoms with Gasteiger partial charge in [-0.25, -0.2) is 9.97 Å². The number of methoxy groups -OCH3 is 1. The molecule has 3 aromatic rings. The first-order valence-corrected chi connectivity index (χ1v) is 13.4. The highest BCUT2D eigenvalue weighted by atomic mass is 19.4. The van der Waals surface area contributed by atoms with E-state index in [9.17, 15) is 18.3 Å². The number of fused-ring (bicyclic) bond motifs is 1. The van der Waals surface area contributed by atoms with Crippen molar-refractivity contribution in [2.24, 2.45) is 0 Å². The summed E-state index contributed by atoms with van der Waals surface area (Å²) in [5.41, 5.74) is 0.545. The van der Waals surface area contributed by atoms with E-state index in [2.05, 4.69) is 16.0 Å². The summed E-state index contributed by atoms with van der Waals surface area (Å²) in [6, 6.07) is 13.6. The second-order valence-electron chi connectivity index (χ2n) is 10.5. The average molecular weight is 529 g/mol. The average Bonchev–Trinajstić information content (AvgIpc) is 3.44. The molecular formula is C29H35F3N4O2. The molecule has 0 spiro atoms. The number of aromatic nitrogens is 2. The smallest absolute Gasteiger partial charge is 0.401 e. The predicted molar refractivity (Wildman–Crippen MR) is 143 cm³/mol. The third kappa shape index (κ3) is 4.77. The van der Waals surface area contributed by atoms with E-state index in [0.29, 0.717) is 49.7 Å².